The fraction of sp³-hybridized carbons (Fsp3) is 0.889. The van der Waals surface area contributed by atoms with E-state index < -0.39 is 0 Å². The molecule has 2 rings (SSSR count). The quantitative estimate of drug-likeness (QED) is 0.691. The molecule has 1 fully saturated rings. The minimum atomic E-state index is 0.437. The first-order chi connectivity index (χ1) is 6.29. The molecular formula is C9H17N3S. The van der Waals surface area contributed by atoms with Crippen LogP contribution in [0.5, 0.6) is 0 Å². The normalized spacial score (nSPS) is 32.8. The number of aliphatic imine (C=N–C) groups is 1. The largest absolute Gasteiger partial charge is 0.355 e. The van der Waals surface area contributed by atoms with Crippen molar-refractivity contribution >= 4 is 17.7 Å². The van der Waals surface area contributed by atoms with Gasteiger partial charge in [-0.1, -0.05) is 0 Å². The summed E-state index contributed by atoms with van der Waals surface area (Å²) in [5.74, 6) is 2.31. The summed E-state index contributed by atoms with van der Waals surface area (Å²) in [4.78, 5) is 4.31. The predicted molar refractivity (Wildman–Crippen MR) is 58.4 cm³/mol. The topological polar surface area (TPSA) is 36.4 Å². The standard InChI is InChI=1S/C9H17N3S/c1-9(3-2-6-13-9)7-12-8-10-4-5-11-8/h2-7H2,1H3,(H2,10,11,12). The molecule has 3 nitrogen and oxygen atoms in total. The van der Waals surface area contributed by atoms with Gasteiger partial charge in [0, 0.05) is 17.8 Å². The molecule has 2 aliphatic heterocycles. The lowest BCUT2D eigenvalue weighted by Gasteiger charge is -2.23. The van der Waals surface area contributed by atoms with Gasteiger partial charge < -0.3 is 10.6 Å². The van der Waals surface area contributed by atoms with Crippen LogP contribution in [-0.4, -0.2) is 36.1 Å². The van der Waals surface area contributed by atoms with E-state index in [2.05, 4.69) is 34.3 Å². The van der Waals surface area contributed by atoms with Crippen molar-refractivity contribution in [2.45, 2.75) is 24.5 Å². The highest BCUT2D eigenvalue weighted by Crippen LogP contribution is 2.36. The Kier molecular flexibility index (Phi) is 2.67. The summed E-state index contributed by atoms with van der Waals surface area (Å²) < 4.78 is 0.437. The summed E-state index contributed by atoms with van der Waals surface area (Å²) in [6, 6.07) is 0. The zero-order valence-electron chi connectivity index (χ0n) is 8.10. The van der Waals surface area contributed by atoms with E-state index in [0.29, 0.717) is 4.75 Å². The average Bonchev–Trinajstić information content (AvgIpc) is 2.72. The summed E-state index contributed by atoms with van der Waals surface area (Å²) in [7, 11) is 0. The van der Waals surface area contributed by atoms with E-state index >= 15 is 0 Å². The van der Waals surface area contributed by atoms with Crippen LogP contribution in [0.25, 0.3) is 0 Å². The third-order valence-electron chi connectivity index (χ3n) is 2.60. The molecule has 1 unspecified atom stereocenters. The molecule has 2 heterocycles. The zero-order valence-corrected chi connectivity index (χ0v) is 8.91. The minimum absolute atomic E-state index is 0.437. The number of nitrogens with zero attached hydrogens (tertiary/aromatic N) is 1. The highest BCUT2D eigenvalue weighted by atomic mass is 32.2. The van der Waals surface area contributed by atoms with Gasteiger partial charge in [0.05, 0.1) is 6.54 Å². The van der Waals surface area contributed by atoms with Crippen molar-refractivity contribution in [3.8, 4) is 0 Å². The van der Waals surface area contributed by atoms with E-state index in [1.807, 2.05) is 0 Å². The van der Waals surface area contributed by atoms with Gasteiger partial charge in [0.2, 0.25) is 0 Å². The molecule has 74 valence electrons. The Morgan fingerprint density at radius 2 is 2.62 bits per heavy atom. The highest BCUT2D eigenvalue weighted by Gasteiger charge is 2.29. The fourth-order valence-electron chi connectivity index (χ4n) is 1.76. The van der Waals surface area contributed by atoms with Crippen LogP contribution >= 0.6 is 11.8 Å². The van der Waals surface area contributed by atoms with Gasteiger partial charge in [0.25, 0.3) is 0 Å². The highest BCUT2D eigenvalue weighted by molar-refractivity contribution is 8.00. The monoisotopic (exact) mass is 199 g/mol. The average molecular weight is 199 g/mol. The Bertz CT molecular complexity index is 209. The number of rotatable bonds is 2. The molecular weight excluding hydrogens is 182 g/mol. The number of nitrogens with one attached hydrogen (secondary N) is 2. The van der Waals surface area contributed by atoms with E-state index in [-0.39, 0.29) is 0 Å². The van der Waals surface area contributed by atoms with Gasteiger partial charge in [-0.05, 0) is 25.5 Å². The van der Waals surface area contributed by atoms with Gasteiger partial charge in [-0.3, -0.25) is 4.99 Å². The van der Waals surface area contributed by atoms with Crippen LogP contribution in [-0.2, 0) is 0 Å². The first kappa shape index (κ1) is 9.19. The molecule has 1 atom stereocenters. The summed E-state index contributed by atoms with van der Waals surface area (Å²) in [5, 5.41) is 6.61. The van der Waals surface area contributed by atoms with Crippen molar-refractivity contribution in [2.75, 3.05) is 25.4 Å². The van der Waals surface area contributed by atoms with E-state index in [1.165, 1.54) is 18.6 Å². The van der Waals surface area contributed by atoms with E-state index in [0.717, 1.165) is 25.6 Å². The molecule has 2 N–H and O–H groups in total. The molecule has 0 aromatic rings. The Balaban J connectivity index is 1.77. The van der Waals surface area contributed by atoms with Gasteiger partial charge in [-0.15, -0.1) is 0 Å². The summed E-state index contributed by atoms with van der Waals surface area (Å²) in [6.45, 7) is 5.30. The predicted octanol–water partition coefficient (Wildman–Crippen LogP) is 0.821. The number of guanidine groups is 1. The van der Waals surface area contributed by atoms with Crippen molar-refractivity contribution in [1.82, 2.24) is 10.6 Å². The summed E-state index contributed by atoms with van der Waals surface area (Å²) in [5.41, 5.74) is 0. The molecule has 0 aromatic carbocycles. The van der Waals surface area contributed by atoms with Crippen LogP contribution in [0, 0.1) is 0 Å². The molecule has 0 amide bonds. The SMILES string of the molecule is CC1(CNC2=NCCN2)CCCS1. The van der Waals surface area contributed by atoms with Crippen molar-refractivity contribution in [3.05, 3.63) is 0 Å². The molecule has 0 saturated carbocycles. The van der Waals surface area contributed by atoms with Crippen LogP contribution in [0.3, 0.4) is 0 Å². The van der Waals surface area contributed by atoms with E-state index in [9.17, 15) is 0 Å². The lowest BCUT2D eigenvalue weighted by atomic mass is 10.1. The zero-order chi connectivity index (χ0) is 9.15. The van der Waals surface area contributed by atoms with Crippen molar-refractivity contribution in [3.63, 3.8) is 0 Å². The maximum absolute atomic E-state index is 4.31. The van der Waals surface area contributed by atoms with Crippen molar-refractivity contribution < 1.29 is 0 Å². The molecule has 13 heavy (non-hydrogen) atoms. The smallest absolute Gasteiger partial charge is 0.191 e. The van der Waals surface area contributed by atoms with E-state index in [4.69, 9.17) is 0 Å². The molecule has 0 spiro atoms. The lowest BCUT2D eigenvalue weighted by Crippen LogP contribution is -2.41. The van der Waals surface area contributed by atoms with Crippen LogP contribution in [0.2, 0.25) is 0 Å². The maximum atomic E-state index is 4.31. The second-order valence-corrected chi connectivity index (χ2v) is 5.60. The van der Waals surface area contributed by atoms with Gasteiger partial charge in [-0.25, -0.2) is 0 Å². The lowest BCUT2D eigenvalue weighted by molar-refractivity contribution is 0.588. The van der Waals surface area contributed by atoms with Crippen molar-refractivity contribution in [1.29, 1.82) is 0 Å². The molecule has 4 heteroatoms. The molecule has 0 aliphatic carbocycles. The van der Waals surface area contributed by atoms with Crippen LogP contribution in [0.4, 0.5) is 0 Å². The molecule has 0 aromatic heterocycles. The number of hydrogen-bond donors (Lipinski definition) is 2. The second kappa shape index (κ2) is 3.78. The number of hydrogen-bond acceptors (Lipinski definition) is 4. The Labute approximate surface area is 83.8 Å². The molecule has 1 saturated heterocycles. The molecule has 2 aliphatic rings. The van der Waals surface area contributed by atoms with E-state index in [1.54, 1.807) is 0 Å². The second-order valence-electron chi connectivity index (χ2n) is 3.91. The van der Waals surface area contributed by atoms with Crippen molar-refractivity contribution in [2.24, 2.45) is 4.99 Å². The maximum Gasteiger partial charge on any atom is 0.191 e. The van der Waals surface area contributed by atoms with Crippen LogP contribution in [0.1, 0.15) is 19.8 Å². The third kappa shape index (κ3) is 2.30. The Morgan fingerprint density at radius 1 is 1.69 bits per heavy atom. The number of thioether (sulfide) groups is 1. The first-order valence-electron chi connectivity index (χ1n) is 4.95. The minimum Gasteiger partial charge on any atom is -0.355 e. The van der Waals surface area contributed by atoms with Crippen LogP contribution < -0.4 is 10.6 Å². The molecule has 0 radical (unpaired) electrons. The third-order valence-corrected chi connectivity index (χ3v) is 4.14. The van der Waals surface area contributed by atoms with Gasteiger partial charge in [0.15, 0.2) is 5.96 Å². The molecule has 0 bridgehead atoms. The van der Waals surface area contributed by atoms with Gasteiger partial charge in [0.1, 0.15) is 0 Å². The fourth-order valence-corrected chi connectivity index (χ4v) is 3.01. The summed E-state index contributed by atoms with van der Waals surface area (Å²) >= 11 is 2.08. The van der Waals surface area contributed by atoms with Gasteiger partial charge in [-0.2, -0.15) is 11.8 Å². The van der Waals surface area contributed by atoms with Crippen LogP contribution in [0.15, 0.2) is 4.99 Å². The Morgan fingerprint density at radius 3 is 3.23 bits per heavy atom. The Hall–Kier alpha value is -0.380. The summed E-state index contributed by atoms with van der Waals surface area (Å²) in [6.07, 6.45) is 2.70. The first-order valence-corrected chi connectivity index (χ1v) is 5.93. The van der Waals surface area contributed by atoms with Gasteiger partial charge >= 0.3 is 0 Å².